The van der Waals surface area contributed by atoms with E-state index in [0.29, 0.717) is 5.92 Å². The lowest BCUT2D eigenvalue weighted by atomic mass is 9.92. The second-order valence-corrected chi connectivity index (χ2v) is 6.67. The van der Waals surface area contributed by atoms with Gasteiger partial charge in [-0.2, -0.15) is 0 Å². The molecule has 0 fully saturated rings. The molecular formula is C21H17FN2. The van der Waals surface area contributed by atoms with Crippen LogP contribution in [0.1, 0.15) is 29.2 Å². The van der Waals surface area contributed by atoms with Crippen molar-refractivity contribution in [3.05, 3.63) is 77.4 Å². The van der Waals surface area contributed by atoms with Crippen molar-refractivity contribution in [1.29, 1.82) is 0 Å². The Hall–Kier alpha value is -2.68. The number of benzene rings is 2. The van der Waals surface area contributed by atoms with Gasteiger partial charge in [0.1, 0.15) is 5.82 Å². The molecule has 0 radical (unpaired) electrons. The summed E-state index contributed by atoms with van der Waals surface area (Å²) in [7, 11) is 2.09. The normalized spacial score (nSPS) is 16.8. The molecule has 2 nitrogen and oxygen atoms in total. The first-order valence-corrected chi connectivity index (χ1v) is 8.34. The molecule has 0 amide bonds. The molecule has 2 heterocycles. The highest BCUT2D eigenvalue weighted by Gasteiger charge is 2.28. The number of hydrogen-bond donors (Lipinski definition) is 0. The summed E-state index contributed by atoms with van der Waals surface area (Å²) in [4.78, 5) is 4.79. The van der Waals surface area contributed by atoms with E-state index in [1.807, 2.05) is 0 Å². The lowest BCUT2D eigenvalue weighted by Crippen LogP contribution is -1.97. The number of fused-ring (bicyclic) bond motifs is 3. The third kappa shape index (κ3) is 1.91. The van der Waals surface area contributed by atoms with Gasteiger partial charge >= 0.3 is 0 Å². The minimum absolute atomic E-state index is 0.205. The number of nitrogens with zero attached hydrogens (tertiary/aromatic N) is 2. The summed E-state index contributed by atoms with van der Waals surface area (Å²) >= 11 is 0. The van der Waals surface area contributed by atoms with Crippen LogP contribution in [0.4, 0.5) is 4.39 Å². The topological polar surface area (TPSA) is 17.8 Å². The Balaban J connectivity index is 1.72. The molecule has 1 aliphatic carbocycles. The zero-order valence-corrected chi connectivity index (χ0v) is 13.5. The maximum atomic E-state index is 13.6. The molecule has 0 spiro atoms. The van der Waals surface area contributed by atoms with Crippen LogP contribution >= 0.6 is 0 Å². The number of aryl methyl sites for hydroxylation is 2. The minimum atomic E-state index is -0.205. The Bertz CT molecular complexity index is 1090. The van der Waals surface area contributed by atoms with Gasteiger partial charge < -0.3 is 4.57 Å². The quantitative estimate of drug-likeness (QED) is 0.486. The standard InChI is InChI=1S/C21H17FN2/c1-24-12-18(16-4-2-3-5-21(16)24)15-7-9-20-17(15)11-13-10-14(22)6-8-19(13)23-20/h2-6,8,10-12,15H,7,9H2,1H3. The van der Waals surface area contributed by atoms with Crippen molar-refractivity contribution in [2.24, 2.45) is 7.05 Å². The van der Waals surface area contributed by atoms with Crippen LogP contribution < -0.4 is 0 Å². The van der Waals surface area contributed by atoms with Gasteiger partial charge in [-0.15, -0.1) is 0 Å². The van der Waals surface area contributed by atoms with E-state index in [0.717, 1.165) is 29.4 Å². The predicted molar refractivity (Wildman–Crippen MR) is 94.8 cm³/mol. The Morgan fingerprint density at radius 1 is 1.08 bits per heavy atom. The maximum Gasteiger partial charge on any atom is 0.123 e. The fourth-order valence-electron chi connectivity index (χ4n) is 4.12. The van der Waals surface area contributed by atoms with E-state index in [9.17, 15) is 4.39 Å². The highest BCUT2D eigenvalue weighted by molar-refractivity contribution is 5.86. The van der Waals surface area contributed by atoms with Crippen LogP contribution in [0, 0.1) is 5.82 Å². The molecule has 2 aromatic carbocycles. The van der Waals surface area contributed by atoms with E-state index in [1.165, 1.54) is 28.1 Å². The number of hydrogen-bond acceptors (Lipinski definition) is 1. The zero-order valence-electron chi connectivity index (χ0n) is 13.5. The average Bonchev–Trinajstić information content (AvgIpc) is 3.14. The Morgan fingerprint density at radius 3 is 2.88 bits per heavy atom. The largest absolute Gasteiger partial charge is 0.350 e. The highest BCUT2D eigenvalue weighted by Crippen LogP contribution is 2.41. The fourth-order valence-corrected chi connectivity index (χ4v) is 4.12. The molecule has 0 aliphatic heterocycles. The van der Waals surface area contributed by atoms with Crippen LogP contribution in [0.3, 0.4) is 0 Å². The monoisotopic (exact) mass is 316 g/mol. The highest BCUT2D eigenvalue weighted by atomic mass is 19.1. The van der Waals surface area contributed by atoms with Gasteiger partial charge in [0.15, 0.2) is 0 Å². The molecule has 118 valence electrons. The molecular weight excluding hydrogens is 299 g/mol. The van der Waals surface area contributed by atoms with Crippen molar-refractivity contribution in [3.63, 3.8) is 0 Å². The molecule has 0 N–H and O–H groups in total. The second-order valence-electron chi connectivity index (χ2n) is 6.67. The molecule has 0 saturated heterocycles. The Kier molecular flexibility index (Phi) is 2.81. The van der Waals surface area contributed by atoms with E-state index < -0.39 is 0 Å². The van der Waals surface area contributed by atoms with Crippen molar-refractivity contribution in [1.82, 2.24) is 9.55 Å². The van der Waals surface area contributed by atoms with Crippen molar-refractivity contribution in [2.75, 3.05) is 0 Å². The lowest BCUT2D eigenvalue weighted by molar-refractivity contribution is 0.629. The summed E-state index contributed by atoms with van der Waals surface area (Å²) in [5, 5.41) is 2.19. The number of pyridine rings is 1. The molecule has 1 atom stereocenters. The smallest absolute Gasteiger partial charge is 0.123 e. The molecule has 5 rings (SSSR count). The number of rotatable bonds is 1. The van der Waals surface area contributed by atoms with E-state index in [2.05, 4.69) is 48.1 Å². The van der Waals surface area contributed by atoms with Crippen molar-refractivity contribution >= 4 is 21.8 Å². The summed E-state index contributed by atoms with van der Waals surface area (Å²) in [6.07, 6.45) is 4.28. The summed E-state index contributed by atoms with van der Waals surface area (Å²) in [5.41, 5.74) is 5.90. The molecule has 0 saturated carbocycles. The van der Waals surface area contributed by atoms with Crippen LogP contribution in [0.5, 0.6) is 0 Å². The Labute approximate surface area is 139 Å². The number of aromatic nitrogens is 2. The molecule has 1 aliphatic rings. The molecule has 1 unspecified atom stereocenters. The van der Waals surface area contributed by atoms with E-state index in [4.69, 9.17) is 4.98 Å². The first kappa shape index (κ1) is 13.7. The SMILES string of the molecule is Cn1cc(C2CCc3nc4ccc(F)cc4cc32)c2ccccc21. The minimum Gasteiger partial charge on any atom is -0.350 e. The predicted octanol–water partition coefficient (Wildman–Crippen LogP) is 4.94. The third-order valence-electron chi connectivity index (χ3n) is 5.24. The Morgan fingerprint density at radius 2 is 1.96 bits per heavy atom. The first-order valence-electron chi connectivity index (χ1n) is 8.34. The molecule has 4 aromatic rings. The lowest BCUT2D eigenvalue weighted by Gasteiger charge is -2.11. The number of para-hydroxylation sites is 1. The maximum absolute atomic E-state index is 13.6. The van der Waals surface area contributed by atoms with Crippen molar-refractivity contribution in [2.45, 2.75) is 18.8 Å². The summed E-state index contributed by atoms with van der Waals surface area (Å²) in [6, 6.07) is 15.5. The first-order chi connectivity index (χ1) is 11.7. The third-order valence-corrected chi connectivity index (χ3v) is 5.24. The van der Waals surface area contributed by atoms with E-state index in [1.54, 1.807) is 12.1 Å². The van der Waals surface area contributed by atoms with Crippen LogP contribution in [0.25, 0.3) is 21.8 Å². The van der Waals surface area contributed by atoms with E-state index >= 15 is 0 Å². The van der Waals surface area contributed by atoms with Crippen LogP contribution in [0.15, 0.2) is 54.7 Å². The zero-order chi connectivity index (χ0) is 16.3. The van der Waals surface area contributed by atoms with Crippen LogP contribution in [0.2, 0.25) is 0 Å². The second kappa shape index (κ2) is 4.91. The van der Waals surface area contributed by atoms with Crippen molar-refractivity contribution < 1.29 is 4.39 Å². The van der Waals surface area contributed by atoms with Gasteiger partial charge in [-0.25, -0.2) is 4.39 Å². The van der Waals surface area contributed by atoms with Crippen LogP contribution in [-0.2, 0) is 13.5 Å². The molecule has 2 aromatic heterocycles. The molecule has 24 heavy (non-hydrogen) atoms. The van der Waals surface area contributed by atoms with Crippen molar-refractivity contribution in [3.8, 4) is 0 Å². The average molecular weight is 316 g/mol. The van der Waals surface area contributed by atoms with Gasteiger partial charge in [-0.3, -0.25) is 4.98 Å². The molecule has 3 heteroatoms. The van der Waals surface area contributed by atoms with Gasteiger partial charge in [-0.1, -0.05) is 18.2 Å². The fraction of sp³-hybridized carbons (Fsp3) is 0.190. The summed E-state index contributed by atoms with van der Waals surface area (Å²) in [5.74, 6) is 0.134. The summed E-state index contributed by atoms with van der Waals surface area (Å²) < 4.78 is 15.8. The van der Waals surface area contributed by atoms with Gasteiger partial charge in [0.05, 0.1) is 5.52 Å². The van der Waals surface area contributed by atoms with Gasteiger partial charge in [0.2, 0.25) is 0 Å². The van der Waals surface area contributed by atoms with Gasteiger partial charge in [-0.05, 0) is 54.3 Å². The molecule has 0 bridgehead atoms. The van der Waals surface area contributed by atoms with Gasteiger partial charge in [0, 0.05) is 41.1 Å². The van der Waals surface area contributed by atoms with Crippen LogP contribution in [-0.4, -0.2) is 9.55 Å². The van der Waals surface area contributed by atoms with E-state index in [-0.39, 0.29) is 5.82 Å². The number of halogens is 1. The van der Waals surface area contributed by atoms with Gasteiger partial charge in [0.25, 0.3) is 0 Å². The summed E-state index contributed by atoms with van der Waals surface area (Å²) in [6.45, 7) is 0.